The molecule has 0 saturated heterocycles. The van der Waals surface area contributed by atoms with E-state index in [4.69, 9.17) is 15.3 Å². The molecule has 0 bridgehead atoms. The molecule has 0 amide bonds. The van der Waals surface area contributed by atoms with Crippen LogP contribution in [0.2, 0.25) is 0 Å². The summed E-state index contributed by atoms with van der Waals surface area (Å²) in [5.41, 5.74) is 0.864. The van der Waals surface area contributed by atoms with E-state index in [-0.39, 0.29) is 16.9 Å². The zero-order chi connectivity index (χ0) is 12.1. The molecule has 0 aliphatic carbocycles. The number of hydrogen-bond donors (Lipinski definition) is 0. The van der Waals surface area contributed by atoms with Gasteiger partial charge in [0.2, 0.25) is 0 Å². The van der Waals surface area contributed by atoms with Gasteiger partial charge >= 0.3 is 5.97 Å². The number of hydrogen-bond acceptors (Lipinski definition) is 4. The number of nitriles is 2. The largest absolute Gasteiger partial charge is 0.422 e. The molecule has 1 aromatic rings. The predicted molar refractivity (Wildman–Crippen MR) is 56.4 cm³/mol. The van der Waals surface area contributed by atoms with E-state index in [0.29, 0.717) is 5.56 Å². The quantitative estimate of drug-likeness (QED) is 0.426. The van der Waals surface area contributed by atoms with Crippen molar-refractivity contribution < 1.29 is 9.53 Å². The summed E-state index contributed by atoms with van der Waals surface area (Å²) in [6, 6.07) is 6.85. The summed E-state index contributed by atoms with van der Waals surface area (Å²) >= 11 is 0. The van der Waals surface area contributed by atoms with Gasteiger partial charge in [-0.05, 0) is 18.6 Å². The highest BCUT2D eigenvalue weighted by molar-refractivity contribution is 5.84. The highest BCUT2D eigenvalue weighted by atomic mass is 16.5. The third kappa shape index (κ3) is 2.08. The summed E-state index contributed by atoms with van der Waals surface area (Å²) < 4.78 is 4.93. The molecule has 4 heteroatoms. The van der Waals surface area contributed by atoms with Gasteiger partial charge in [-0.1, -0.05) is 12.6 Å². The second-order valence-corrected chi connectivity index (χ2v) is 2.98. The van der Waals surface area contributed by atoms with Crippen LogP contribution in [0.15, 0.2) is 24.8 Å². The lowest BCUT2D eigenvalue weighted by Gasteiger charge is -2.08. The Kier molecular flexibility index (Phi) is 3.42. The minimum absolute atomic E-state index is 0.0673. The maximum Gasteiger partial charge on any atom is 0.335 e. The first kappa shape index (κ1) is 11.5. The fourth-order valence-corrected chi connectivity index (χ4v) is 1.16. The van der Waals surface area contributed by atoms with E-state index < -0.39 is 5.97 Å². The van der Waals surface area contributed by atoms with E-state index in [9.17, 15) is 4.79 Å². The van der Waals surface area contributed by atoms with Crippen LogP contribution in [0.4, 0.5) is 0 Å². The molecule has 0 aliphatic rings. The van der Waals surface area contributed by atoms with Crippen molar-refractivity contribution in [1.82, 2.24) is 0 Å². The SMILES string of the molecule is C=CC(=O)Oc1c(C)ccc(C#N)c1C#N. The molecule has 0 unspecified atom stereocenters. The summed E-state index contributed by atoms with van der Waals surface area (Å²) in [6.45, 7) is 4.95. The van der Waals surface area contributed by atoms with Crippen molar-refractivity contribution in [2.45, 2.75) is 6.92 Å². The van der Waals surface area contributed by atoms with E-state index in [0.717, 1.165) is 6.08 Å². The van der Waals surface area contributed by atoms with Crippen LogP contribution >= 0.6 is 0 Å². The predicted octanol–water partition coefficient (Wildman–Crippen LogP) is 1.83. The summed E-state index contributed by atoms with van der Waals surface area (Å²) in [6.07, 6.45) is 1.000. The molecule has 78 valence electrons. The molecule has 0 aliphatic heterocycles. The molecule has 0 heterocycles. The van der Waals surface area contributed by atoms with Crippen LogP contribution in [-0.2, 0) is 4.79 Å². The number of esters is 1. The summed E-state index contributed by atoms with van der Waals surface area (Å²) in [5, 5.41) is 17.7. The van der Waals surface area contributed by atoms with Crippen molar-refractivity contribution in [2.24, 2.45) is 0 Å². The third-order valence-corrected chi connectivity index (χ3v) is 1.96. The molecular formula is C12H8N2O2. The molecule has 0 aromatic heterocycles. The number of aryl methyl sites for hydroxylation is 1. The van der Waals surface area contributed by atoms with Gasteiger partial charge < -0.3 is 4.74 Å². The fraction of sp³-hybridized carbons (Fsp3) is 0.0833. The first-order valence-corrected chi connectivity index (χ1v) is 4.42. The summed E-state index contributed by atoms with van der Waals surface area (Å²) in [4.78, 5) is 11.1. The van der Waals surface area contributed by atoms with Crippen LogP contribution in [0.25, 0.3) is 0 Å². The van der Waals surface area contributed by atoms with Gasteiger partial charge in [0.15, 0.2) is 5.75 Å². The molecule has 0 fully saturated rings. The number of ether oxygens (including phenoxy) is 1. The average Bonchev–Trinajstić information content (AvgIpc) is 2.31. The van der Waals surface area contributed by atoms with Gasteiger partial charge in [-0.3, -0.25) is 0 Å². The minimum Gasteiger partial charge on any atom is -0.422 e. The normalized spacial score (nSPS) is 8.69. The first-order valence-electron chi connectivity index (χ1n) is 4.42. The number of carbonyl (C=O) groups excluding carboxylic acids is 1. The topological polar surface area (TPSA) is 73.9 Å². The first-order chi connectivity index (χ1) is 7.63. The monoisotopic (exact) mass is 212 g/mol. The molecular weight excluding hydrogens is 204 g/mol. The Bertz CT molecular complexity index is 533. The molecule has 4 nitrogen and oxygen atoms in total. The van der Waals surface area contributed by atoms with E-state index in [1.807, 2.05) is 12.1 Å². The lowest BCUT2D eigenvalue weighted by Crippen LogP contribution is -2.06. The van der Waals surface area contributed by atoms with Crippen LogP contribution in [0.5, 0.6) is 5.75 Å². The molecule has 0 spiro atoms. The Morgan fingerprint density at radius 1 is 1.44 bits per heavy atom. The molecule has 1 aromatic carbocycles. The van der Waals surface area contributed by atoms with Crippen LogP contribution < -0.4 is 4.74 Å². The molecule has 1 rings (SSSR count). The van der Waals surface area contributed by atoms with Crippen molar-refractivity contribution in [3.05, 3.63) is 41.5 Å². The summed E-state index contributed by atoms with van der Waals surface area (Å²) in [7, 11) is 0. The zero-order valence-electron chi connectivity index (χ0n) is 8.65. The Morgan fingerprint density at radius 2 is 2.12 bits per heavy atom. The maximum atomic E-state index is 11.1. The van der Waals surface area contributed by atoms with Gasteiger partial charge in [-0.2, -0.15) is 10.5 Å². The van der Waals surface area contributed by atoms with Crippen molar-refractivity contribution in [2.75, 3.05) is 0 Å². The second-order valence-electron chi connectivity index (χ2n) is 2.98. The number of benzene rings is 1. The third-order valence-electron chi connectivity index (χ3n) is 1.96. The van der Waals surface area contributed by atoms with Crippen molar-refractivity contribution in [3.63, 3.8) is 0 Å². The van der Waals surface area contributed by atoms with E-state index in [2.05, 4.69) is 6.58 Å². The molecule has 0 N–H and O–H groups in total. The smallest absolute Gasteiger partial charge is 0.335 e. The van der Waals surface area contributed by atoms with E-state index in [1.54, 1.807) is 13.0 Å². The van der Waals surface area contributed by atoms with Gasteiger partial charge in [0.1, 0.15) is 17.7 Å². The molecule has 0 atom stereocenters. The number of carbonyl (C=O) groups is 1. The standard InChI is InChI=1S/C12H8N2O2/c1-3-11(15)16-12-8(2)4-5-9(6-13)10(12)7-14/h3-5H,1H2,2H3. The Balaban J connectivity index is 3.37. The minimum atomic E-state index is -0.658. The van der Waals surface area contributed by atoms with Gasteiger partial charge in [0.05, 0.1) is 5.56 Å². The van der Waals surface area contributed by atoms with Gasteiger partial charge in [-0.25, -0.2) is 4.79 Å². The second kappa shape index (κ2) is 4.77. The van der Waals surface area contributed by atoms with Crippen molar-refractivity contribution in [1.29, 1.82) is 10.5 Å². The van der Waals surface area contributed by atoms with E-state index >= 15 is 0 Å². The van der Waals surface area contributed by atoms with Crippen LogP contribution in [0.1, 0.15) is 16.7 Å². The lowest BCUT2D eigenvalue weighted by molar-refractivity contribution is -0.129. The highest BCUT2D eigenvalue weighted by Gasteiger charge is 2.14. The maximum absolute atomic E-state index is 11.1. The van der Waals surface area contributed by atoms with Crippen LogP contribution in [0, 0.1) is 29.6 Å². The van der Waals surface area contributed by atoms with Crippen LogP contribution in [0.3, 0.4) is 0 Å². The fourth-order valence-electron chi connectivity index (χ4n) is 1.16. The van der Waals surface area contributed by atoms with E-state index in [1.165, 1.54) is 6.07 Å². The number of rotatable bonds is 2. The Morgan fingerprint density at radius 3 is 2.62 bits per heavy atom. The molecule has 0 radical (unpaired) electrons. The average molecular weight is 212 g/mol. The van der Waals surface area contributed by atoms with Crippen molar-refractivity contribution in [3.8, 4) is 17.9 Å². The Labute approximate surface area is 93.0 Å². The van der Waals surface area contributed by atoms with Gasteiger partial charge in [0, 0.05) is 6.08 Å². The molecule has 16 heavy (non-hydrogen) atoms. The molecule has 0 saturated carbocycles. The van der Waals surface area contributed by atoms with Crippen LogP contribution in [-0.4, -0.2) is 5.97 Å². The Hall–Kier alpha value is -2.59. The lowest BCUT2D eigenvalue weighted by atomic mass is 10.0. The van der Waals surface area contributed by atoms with Crippen molar-refractivity contribution >= 4 is 5.97 Å². The summed E-state index contributed by atoms with van der Waals surface area (Å²) in [5.74, 6) is -0.541. The van der Waals surface area contributed by atoms with Gasteiger partial charge in [0.25, 0.3) is 0 Å². The van der Waals surface area contributed by atoms with Gasteiger partial charge in [-0.15, -0.1) is 0 Å². The zero-order valence-corrected chi connectivity index (χ0v) is 8.65. The number of nitrogens with zero attached hydrogens (tertiary/aromatic N) is 2. The highest BCUT2D eigenvalue weighted by Crippen LogP contribution is 2.26.